The van der Waals surface area contributed by atoms with Crippen LogP contribution in [0.4, 0.5) is 10.8 Å². The lowest BCUT2D eigenvalue weighted by Crippen LogP contribution is -2.11. The van der Waals surface area contributed by atoms with Crippen molar-refractivity contribution in [3.63, 3.8) is 0 Å². The van der Waals surface area contributed by atoms with E-state index in [0.29, 0.717) is 20.5 Å². The highest BCUT2D eigenvalue weighted by atomic mass is 32.1. The first-order valence-corrected chi connectivity index (χ1v) is 7.44. The van der Waals surface area contributed by atoms with Gasteiger partial charge < -0.3 is 5.73 Å². The van der Waals surface area contributed by atoms with Gasteiger partial charge in [-0.25, -0.2) is 4.98 Å². The summed E-state index contributed by atoms with van der Waals surface area (Å²) >= 11 is 2.67. The van der Waals surface area contributed by atoms with E-state index in [0.717, 1.165) is 16.0 Å². The third-order valence-corrected chi connectivity index (χ3v) is 4.97. The Balaban J connectivity index is 1.94. The molecule has 102 valence electrons. The zero-order chi connectivity index (χ0) is 14.3. The number of hydrogen-bond acceptors (Lipinski definition) is 7. The number of aromatic nitrogens is 3. The number of amides is 1. The molecule has 8 heteroatoms. The monoisotopic (exact) mass is 305 g/mol. The normalized spacial score (nSPS) is 10.9. The van der Waals surface area contributed by atoms with Gasteiger partial charge in [-0.1, -0.05) is 0 Å². The van der Waals surface area contributed by atoms with Crippen molar-refractivity contribution in [1.82, 2.24) is 15.2 Å². The van der Waals surface area contributed by atoms with Gasteiger partial charge in [0.25, 0.3) is 5.91 Å². The van der Waals surface area contributed by atoms with Gasteiger partial charge in [0.2, 0.25) is 0 Å². The number of anilines is 2. The van der Waals surface area contributed by atoms with Gasteiger partial charge in [-0.05, 0) is 19.9 Å². The predicted molar refractivity (Wildman–Crippen MR) is 81.4 cm³/mol. The van der Waals surface area contributed by atoms with Gasteiger partial charge in [-0.3, -0.25) is 10.1 Å². The molecular weight excluding hydrogens is 294 g/mol. The first kappa shape index (κ1) is 12.9. The Kier molecular flexibility index (Phi) is 3.11. The molecule has 0 saturated heterocycles. The maximum atomic E-state index is 12.3. The largest absolute Gasteiger partial charge is 0.397 e. The number of thiophene rings is 1. The van der Waals surface area contributed by atoms with Crippen LogP contribution >= 0.6 is 22.7 Å². The summed E-state index contributed by atoms with van der Waals surface area (Å²) in [5.41, 5.74) is 7.34. The maximum absolute atomic E-state index is 12.3. The number of thiazole rings is 1. The molecule has 0 aliphatic rings. The van der Waals surface area contributed by atoms with E-state index < -0.39 is 0 Å². The third kappa shape index (κ3) is 2.12. The minimum atomic E-state index is -0.265. The number of carbonyl (C=O) groups excluding carboxylic acids is 1. The zero-order valence-electron chi connectivity index (χ0n) is 10.8. The molecule has 1 amide bonds. The van der Waals surface area contributed by atoms with E-state index in [9.17, 15) is 4.79 Å². The molecule has 3 N–H and O–H groups in total. The van der Waals surface area contributed by atoms with Crippen molar-refractivity contribution in [2.24, 2.45) is 0 Å². The number of nitrogens with one attached hydrogen (secondary N) is 1. The maximum Gasteiger partial charge on any atom is 0.269 e. The molecule has 3 aromatic heterocycles. The van der Waals surface area contributed by atoms with Gasteiger partial charge in [0.1, 0.15) is 9.71 Å². The van der Waals surface area contributed by atoms with Crippen molar-refractivity contribution in [1.29, 1.82) is 0 Å². The molecule has 0 atom stereocenters. The first-order valence-electron chi connectivity index (χ1n) is 5.81. The van der Waals surface area contributed by atoms with Gasteiger partial charge in [-0.15, -0.1) is 27.8 Å². The fraction of sp³-hybridized carbons (Fsp3) is 0.167. The summed E-state index contributed by atoms with van der Waals surface area (Å²) in [6, 6.07) is 1.75. The van der Waals surface area contributed by atoms with Crippen molar-refractivity contribution in [2.45, 2.75) is 13.8 Å². The van der Waals surface area contributed by atoms with E-state index >= 15 is 0 Å². The average Bonchev–Trinajstić information content (AvgIpc) is 2.91. The predicted octanol–water partition coefficient (Wildman–Crippen LogP) is 2.60. The van der Waals surface area contributed by atoms with Crippen LogP contribution in [0.15, 0.2) is 12.3 Å². The van der Waals surface area contributed by atoms with Crippen LogP contribution in [0.5, 0.6) is 0 Å². The van der Waals surface area contributed by atoms with Crippen molar-refractivity contribution in [3.05, 3.63) is 27.7 Å². The number of nitrogen functional groups attached to an aromatic ring is 1. The molecule has 0 spiro atoms. The van der Waals surface area contributed by atoms with Gasteiger partial charge >= 0.3 is 0 Å². The molecule has 0 unspecified atom stereocenters. The minimum Gasteiger partial charge on any atom is -0.397 e. The van der Waals surface area contributed by atoms with E-state index in [2.05, 4.69) is 20.5 Å². The molecule has 0 bridgehead atoms. The van der Waals surface area contributed by atoms with E-state index in [1.54, 1.807) is 12.3 Å². The van der Waals surface area contributed by atoms with Gasteiger partial charge in [0.15, 0.2) is 5.13 Å². The molecule has 3 aromatic rings. The fourth-order valence-electron chi connectivity index (χ4n) is 1.72. The first-order chi connectivity index (χ1) is 9.56. The lowest BCUT2D eigenvalue weighted by atomic mass is 10.3. The van der Waals surface area contributed by atoms with Crippen molar-refractivity contribution < 1.29 is 4.79 Å². The molecular formula is C12H11N5OS2. The molecule has 3 rings (SSSR count). The number of nitrogens with zero attached hydrogens (tertiary/aromatic N) is 3. The standard InChI is InChI=1S/C12H11N5OS2/c1-5-6(2)19-12(15-5)16-10(18)9-8(13)7-3-4-14-17-11(7)20-9/h3-4H,13H2,1-2H3,(H,15,16,18). The van der Waals surface area contributed by atoms with E-state index in [4.69, 9.17) is 5.73 Å². The number of rotatable bonds is 2. The molecule has 0 aromatic carbocycles. The summed E-state index contributed by atoms with van der Waals surface area (Å²) < 4.78 is 0. The summed E-state index contributed by atoms with van der Waals surface area (Å²) in [6.07, 6.45) is 1.56. The summed E-state index contributed by atoms with van der Waals surface area (Å²) in [4.78, 5) is 18.7. The van der Waals surface area contributed by atoms with Crippen LogP contribution in [-0.2, 0) is 0 Å². The highest BCUT2D eigenvalue weighted by Gasteiger charge is 2.18. The molecule has 0 fully saturated rings. The number of hydrogen-bond donors (Lipinski definition) is 2. The number of aryl methyl sites for hydroxylation is 2. The molecule has 6 nitrogen and oxygen atoms in total. The SMILES string of the molecule is Cc1nc(NC(=O)c2sc3nnccc3c2N)sc1C. The van der Waals surface area contributed by atoms with Crippen molar-refractivity contribution in [3.8, 4) is 0 Å². The Hall–Kier alpha value is -2.06. The number of fused-ring (bicyclic) bond motifs is 1. The van der Waals surface area contributed by atoms with Crippen LogP contribution in [0.3, 0.4) is 0 Å². The van der Waals surface area contributed by atoms with Crippen molar-refractivity contribution >= 4 is 49.6 Å². The van der Waals surface area contributed by atoms with E-state index in [1.165, 1.54) is 22.7 Å². The highest BCUT2D eigenvalue weighted by molar-refractivity contribution is 7.21. The second-order valence-electron chi connectivity index (χ2n) is 4.21. The fourth-order valence-corrected chi connectivity index (χ4v) is 3.46. The summed E-state index contributed by atoms with van der Waals surface area (Å²) in [5, 5.41) is 11.9. The summed E-state index contributed by atoms with van der Waals surface area (Å²) in [7, 11) is 0. The van der Waals surface area contributed by atoms with Gasteiger partial charge in [0.05, 0.1) is 17.6 Å². The Morgan fingerprint density at radius 2 is 2.15 bits per heavy atom. The van der Waals surface area contributed by atoms with Crippen LogP contribution < -0.4 is 11.1 Å². The quantitative estimate of drug-likeness (QED) is 0.759. The lowest BCUT2D eigenvalue weighted by Gasteiger charge is -1.99. The Morgan fingerprint density at radius 1 is 1.35 bits per heavy atom. The van der Waals surface area contributed by atoms with Gasteiger partial charge in [0, 0.05) is 10.3 Å². The molecule has 0 radical (unpaired) electrons. The Bertz CT molecular complexity index is 788. The van der Waals surface area contributed by atoms with E-state index in [1.807, 2.05) is 13.8 Å². The molecule has 20 heavy (non-hydrogen) atoms. The second-order valence-corrected chi connectivity index (χ2v) is 6.41. The van der Waals surface area contributed by atoms with Crippen LogP contribution in [-0.4, -0.2) is 21.1 Å². The molecule has 0 aliphatic heterocycles. The summed E-state index contributed by atoms with van der Waals surface area (Å²) in [5.74, 6) is -0.265. The zero-order valence-corrected chi connectivity index (χ0v) is 12.4. The number of nitrogens with two attached hydrogens (primary N) is 1. The molecule has 3 heterocycles. The Morgan fingerprint density at radius 3 is 2.80 bits per heavy atom. The topological polar surface area (TPSA) is 93.8 Å². The Labute approximate surface area is 122 Å². The summed E-state index contributed by atoms with van der Waals surface area (Å²) in [6.45, 7) is 3.87. The van der Waals surface area contributed by atoms with Crippen LogP contribution in [0.1, 0.15) is 20.2 Å². The lowest BCUT2D eigenvalue weighted by molar-refractivity contribution is 0.103. The van der Waals surface area contributed by atoms with Crippen molar-refractivity contribution in [2.75, 3.05) is 11.1 Å². The van der Waals surface area contributed by atoms with Crippen LogP contribution in [0, 0.1) is 13.8 Å². The smallest absolute Gasteiger partial charge is 0.269 e. The van der Waals surface area contributed by atoms with E-state index in [-0.39, 0.29) is 5.91 Å². The van der Waals surface area contributed by atoms with Crippen LogP contribution in [0.2, 0.25) is 0 Å². The van der Waals surface area contributed by atoms with Gasteiger partial charge in [-0.2, -0.15) is 5.10 Å². The van der Waals surface area contributed by atoms with Crippen LogP contribution in [0.25, 0.3) is 10.2 Å². The minimum absolute atomic E-state index is 0.265. The third-order valence-electron chi connectivity index (χ3n) is 2.88. The molecule has 0 saturated carbocycles. The number of carbonyl (C=O) groups is 1. The highest BCUT2D eigenvalue weighted by Crippen LogP contribution is 2.32. The molecule has 0 aliphatic carbocycles. The average molecular weight is 305 g/mol. The second kappa shape index (κ2) is 4.80.